The molecule has 0 amide bonds. The minimum Gasteiger partial charge on any atom is -0.316 e. The molecule has 1 fully saturated rings. The predicted molar refractivity (Wildman–Crippen MR) is 53.4 cm³/mol. The number of hydrogen-bond acceptors (Lipinski definition) is 2. The average Bonchev–Trinajstić information content (AvgIpc) is 2.28. The van der Waals surface area contributed by atoms with E-state index >= 15 is 0 Å². The van der Waals surface area contributed by atoms with Crippen molar-refractivity contribution in [3.8, 4) is 0 Å². The van der Waals surface area contributed by atoms with E-state index in [9.17, 15) is 0 Å². The summed E-state index contributed by atoms with van der Waals surface area (Å²) in [6.45, 7) is 3.45. The summed E-state index contributed by atoms with van der Waals surface area (Å²) in [4.78, 5) is 2.21. The van der Waals surface area contributed by atoms with Gasteiger partial charge in [0, 0.05) is 6.54 Å². The molecule has 0 aromatic rings. The van der Waals surface area contributed by atoms with E-state index in [4.69, 9.17) is 0 Å². The van der Waals surface area contributed by atoms with Crippen molar-refractivity contribution in [3.63, 3.8) is 0 Å². The van der Waals surface area contributed by atoms with Crippen LogP contribution in [-0.2, 0) is 0 Å². The van der Waals surface area contributed by atoms with Gasteiger partial charge in [0.2, 0.25) is 0 Å². The number of likely N-dealkylation sites (N-methyl/N-ethyl adjacent to an activating group) is 1. The molecule has 70 valence electrons. The third-order valence-electron chi connectivity index (χ3n) is 2.22. The summed E-state index contributed by atoms with van der Waals surface area (Å²) in [5.74, 6) is 0. The van der Waals surface area contributed by atoms with Crippen LogP contribution in [0.5, 0.6) is 0 Å². The molecule has 2 nitrogen and oxygen atoms in total. The van der Waals surface area contributed by atoms with Gasteiger partial charge < -0.3 is 10.2 Å². The molecule has 0 aromatic carbocycles. The van der Waals surface area contributed by atoms with Crippen molar-refractivity contribution < 1.29 is 0 Å². The number of rotatable bonds is 2. The highest BCUT2D eigenvalue weighted by atomic mass is 15.0. The van der Waals surface area contributed by atoms with Gasteiger partial charge in [-0.25, -0.2) is 0 Å². The molecule has 0 radical (unpaired) electrons. The lowest BCUT2D eigenvalue weighted by Crippen LogP contribution is -2.13. The van der Waals surface area contributed by atoms with Crippen LogP contribution in [0.15, 0.2) is 11.6 Å². The first kappa shape index (κ1) is 9.75. The molecule has 1 aliphatic rings. The summed E-state index contributed by atoms with van der Waals surface area (Å²) in [5, 5.41) is 3.41. The second-order valence-electron chi connectivity index (χ2n) is 3.73. The molecule has 0 bridgehead atoms. The highest BCUT2D eigenvalue weighted by molar-refractivity contribution is 5.04. The van der Waals surface area contributed by atoms with Crippen LogP contribution in [0, 0.1) is 0 Å². The van der Waals surface area contributed by atoms with Crippen LogP contribution >= 0.6 is 0 Å². The van der Waals surface area contributed by atoms with Crippen molar-refractivity contribution in [2.75, 3.05) is 33.7 Å². The Balaban J connectivity index is 2.32. The smallest absolute Gasteiger partial charge is 0.0159 e. The predicted octanol–water partition coefficient (Wildman–Crippen LogP) is 1.25. The molecule has 1 saturated heterocycles. The summed E-state index contributed by atoms with van der Waals surface area (Å²) >= 11 is 0. The number of nitrogens with zero attached hydrogens (tertiary/aromatic N) is 1. The molecular weight excluding hydrogens is 148 g/mol. The number of nitrogens with one attached hydrogen (secondary N) is 1. The van der Waals surface area contributed by atoms with Crippen LogP contribution in [0.1, 0.15) is 19.3 Å². The lowest BCUT2D eigenvalue weighted by molar-refractivity contribution is 0.454. The van der Waals surface area contributed by atoms with Crippen LogP contribution in [0.3, 0.4) is 0 Å². The zero-order chi connectivity index (χ0) is 8.81. The molecule has 0 saturated carbocycles. The first-order valence-electron chi connectivity index (χ1n) is 4.82. The standard InChI is InChI=1S/C10H20N2/c1-12(2)9-6-10-4-3-7-11-8-5-10/h6,11H,3-5,7-9H2,1-2H3/b10-6+. The van der Waals surface area contributed by atoms with Crippen molar-refractivity contribution in [2.45, 2.75) is 19.3 Å². The zero-order valence-electron chi connectivity index (χ0n) is 8.27. The summed E-state index contributed by atoms with van der Waals surface area (Å²) in [5.41, 5.74) is 1.63. The molecular formula is C10H20N2. The molecule has 1 aliphatic heterocycles. The summed E-state index contributed by atoms with van der Waals surface area (Å²) in [6.07, 6.45) is 6.22. The Labute approximate surface area is 75.6 Å². The largest absolute Gasteiger partial charge is 0.316 e. The van der Waals surface area contributed by atoms with Crippen molar-refractivity contribution in [3.05, 3.63) is 11.6 Å². The highest BCUT2D eigenvalue weighted by Gasteiger charge is 2.02. The quantitative estimate of drug-likeness (QED) is 0.624. The van der Waals surface area contributed by atoms with Gasteiger partial charge in [-0.1, -0.05) is 11.6 Å². The van der Waals surface area contributed by atoms with Gasteiger partial charge in [-0.15, -0.1) is 0 Å². The van der Waals surface area contributed by atoms with E-state index in [0.717, 1.165) is 6.54 Å². The minimum atomic E-state index is 1.09. The lowest BCUT2D eigenvalue weighted by Gasteiger charge is -2.07. The molecule has 1 rings (SSSR count). The summed E-state index contributed by atoms with van der Waals surface area (Å²) in [7, 11) is 4.23. The van der Waals surface area contributed by atoms with Gasteiger partial charge in [0.1, 0.15) is 0 Å². The van der Waals surface area contributed by atoms with Gasteiger partial charge in [0.05, 0.1) is 0 Å². The van der Waals surface area contributed by atoms with E-state index in [1.807, 2.05) is 0 Å². The molecule has 0 aromatic heterocycles. The van der Waals surface area contributed by atoms with Crippen molar-refractivity contribution >= 4 is 0 Å². The maximum absolute atomic E-state index is 3.41. The van der Waals surface area contributed by atoms with E-state index in [1.54, 1.807) is 5.57 Å². The van der Waals surface area contributed by atoms with Crippen LogP contribution in [0.25, 0.3) is 0 Å². The average molecular weight is 168 g/mol. The van der Waals surface area contributed by atoms with E-state index in [1.165, 1.54) is 32.4 Å². The first-order chi connectivity index (χ1) is 5.79. The maximum atomic E-state index is 3.41. The number of hydrogen-bond donors (Lipinski definition) is 1. The third-order valence-corrected chi connectivity index (χ3v) is 2.22. The molecule has 0 unspecified atom stereocenters. The molecule has 12 heavy (non-hydrogen) atoms. The fourth-order valence-electron chi connectivity index (χ4n) is 1.46. The first-order valence-corrected chi connectivity index (χ1v) is 4.82. The van der Waals surface area contributed by atoms with E-state index < -0.39 is 0 Å². The van der Waals surface area contributed by atoms with E-state index in [2.05, 4.69) is 30.4 Å². The minimum absolute atomic E-state index is 1.09. The SMILES string of the molecule is CN(C)C/C=C1\CCCNCC1. The van der Waals surface area contributed by atoms with Crippen LogP contribution in [0.2, 0.25) is 0 Å². The van der Waals surface area contributed by atoms with Gasteiger partial charge in [-0.05, 0) is 46.4 Å². The summed E-state index contributed by atoms with van der Waals surface area (Å²) in [6, 6.07) is 0. The fraction of sp³-hybridized carbons (Fsp3) is 0.800. The zero-order valence-corrected chi connectivity index (χ0v) is 8.27. The van der Waals surface area contributed by atoms with Gasteiger partial charge in [0.25, 0.3) is 0 Å². The Morgan fingerprint density at radius 3 is 2.92 bits per heavy atom. The van der Waals surface area contributed by atoms with Crippen LogP contribution < -0.4 is 5.32 Å². The molecule has 0 aliphatic carbocycles. The van der Waals surface area contributed by atoms with Crippen LogP contribution in [-0.4, -0.2) is 38.6 Å². The fourth-order valence-corrected chi connectivity index (χ4v) is 1.46. The van der Waals surface area contributed by atoms with Gasteiger partial charge in [-0.3, -0.25) is 0 Å². The molecule has 1 N–H and O–H groups in total. The molecule has 0 spiro atoms. The van der Waals surface area contributed by atoms with Crippen molar-refractivity contribution in [1.82, 2.24) is 10.2 Å². The highest BCUT2D eigenvalue weighted by Crippen LogP contribution is 2.11. The monoisotopic (exact) mass is 168 g/mol. The Kier molecular flexibility index (Phi) is 4.33. The Morgan fingerprint density at radius 2 is 2.17 bits per heavy atom. The topological polar surface area (TPSA) is 15.3 Å². The maximum Gasteiger partial charge on any atom is 0.0159 e. The lowest BCUT2D eigenvalue weighted by atomic mass is 10.1. The molecule has 2 heteroatoms. The normalized spacial score (nSPS) is 23.1. The second kappa shape index (κ2) is 5.33. The van der Waals surface area contributed by atoms with E-state index in [-0.39, 0.29) is 0 Å². The Hall–Kier alpha value is -0.340. The third kappa shape index (κ3) is 3.88. The van der Waals surface area contributed by atoms with Gasteiger partial charge in [-0.2, -0.15) is 0 Å². The Morgan fingerprint density at radius 1 is 1.33 bits per heavy atom. The van der Waals surface area contributed by atoms with Crippen molar-refractivity contribution in [1.29, 1.82) is 0 Å². The summed E-state index contributed by atoms with van der Waals surface area (Å²) < 4.78 is 0. The Bertz CT molecular complexity index is 140. The molecule has 1 heterocycles. The van der Waals surface area contributed by atoms with Crippen LogP contribution in [0.4, 0.5) is 0 Å². The van der Waals surface area contributed by atoms with Gasteiger partial charge >= 0.3 is 0 Å². The van der Waals surface area contributed by atoms with E-state index in [0.29, 0.717) is 0 Å². The van der Waals surface area contributed by atoms with Gasteiger partial charge in [0.15, 0.2) is 0 Å². The second-order valence-corrected chi connectivity index (χ2v) is 3.73. The van der Waals surface area contributed by atoms with Crippen molar-refractivity contribution in [2.24, 2.45) is 0 Å². The molecule has 0 atom stereocenters.